The molecule has 4 nitrogen and oxygen atoms in total. The molecular formula is C11H7Br2N3O. The zero-order valence-corrected chi connectivity index (χ0v) is 11.7. The van der Waals surface area contributed by atoms with Crippen LogP contribution >= 0.6 is 31.9 Å². The second-order valence-electron chi connectivity index (χ2n) is 3.14. The second-order valence-corrected chi connectivity index (χ2v) is 4.85. The first-order valence-corrected chi connectivity index (χ1v) is 6.28. The number of carbonyl (C=O) groups excluding carboxylic acids is 1. The van der Waals surface area contributed by atoms with E-state index in [4.69, 9.17) is 0 Å². The molecule has 0 atom stereocenters. The summed E-state index contributed by atoms with van der Waals surface area (Å²) in [5, 5.41) is 2.76. The van der Waals surface area contributed by atoms with Crippen molar-refractivity contribution in [2.45, 2.75) is 0 Å². The van der Waals surface area contributed by atoms with Gasteiger partial charge < -0.3 is 5.32 Å². The van der Waals surface area contributed by atoms with E-state index in [1.165, 1.54) is 18.6 Å². The van der Waals surface area contributed by atoms with Crippen LogP contribution in [0.1, 0.15) is 10.5 Å². The summed E-state index contributed by atoms with van der Waals surface area (Å²) in [6.45, 7) is 0. The van der Waals surface area contributed by atoms with Gasteiger partial charge in [0.25, 0.3) is 5.91 Å². The van der Waals surface area contributed by atoms with Gasteiger partial charge in [-0.05, 0) is 44.0 Å². The highest BCUT2D eigenvalue weighted by atomic mass is 79.9. The molecule has 1 N–H and O–H groups in total. The Morgan fingerprint density at radius 3 is 2.47 bits per heavy atom. The highest BCUT2D eigenvalue weighted by molar-refractivity contribution is 9.11. The number of hydrogen-bond acceptors (Lipinski definition) is 3. The lowest BCUT2D eigenvalue weighted by molar-refractivity contribution is 0.102. The zero-order valence-electron chi connectivity index (χ0n) is 8.52. The van der Waals surface area contributed by atoms with Crippen molar-refractivity contribution in [3.05, 3.63) is 51.4 Å². The van der Waals surface area contributed by atoms with E-state index in [0.717, 1.165) is 8.95 Å². The van der Waals surface area contributed by atoms with Gasteiger partial charge in [-0.2, -0.15) is 0 Å². The molecule has 1 heterocycles. The summed E-state index contributed by atoms with van der Waals surface area (Å²) in [7, 11) is 0. The number of carbonyl (C=O) groups is 1. The number of aromatic nitrogens is 2. The predicted molar refractivity (Wildman–Crippen MR) is 71.8 cm³/mol. The van der Waals surface area contributed by atoms with Gasteiger partial charge in [-0.1, -0.05) is 6.07 Å². The van der Waals surface area contributed by atoms with Crippen molar-refractivity contribution in [2.24, 2.45) is 0 Å². The smallest absolute Gasteiger partial charge is 0.275 e. The number of hydrogen-bond donors (Lipinski definition) is 1. The van der Waals surface area contributed by atoms with E-state index in [0.29, 0.717) is 5.69 Å². The molecule has 0 bridgehead atoms. The summed E-state index contributed by atoms with van der Waals surface area (Å²) in [6, 6.07) is 5.56. The molecule has 0 aliphatic heterocycles. The second kappa shape index (κ2) is 5.37. The number of nitrogens with one attached hydrogen (secondary N) is 1. The monoisotopic (exact) mass is 355 g/mol. The Morgan fingerprint density at radius 2 is 1.88 bits per heavy atom. The Labute approximate surface area is 115 Å². The topological polar surface area (TPSA) is 54.9 Å². The molecule has 1 aromatic carbocycles. The van der Waals surface area contributed by atoms with Crippen molar-refractivity contribution in [3.63, 3.8) is 0 Å². The molecule has 0 radical (unpaired) electrons. The summed E-state index contributed by atoms with van der Waals surface area (Å²) in [4.78, 5) is 19.6. The number of rotatable bonds is 2. The molecule has 1 aromatic heterocycles. The summed E-state index contributed by atoms with van der Waals surface area (Å²) in [5.74, 6) is -0.300. The average Bonchev–Trinajstić information content (AvgIpc) is 2.35. The van der Waals surface area contributed by atoms with E-state index in [-0.39, 0.29) is 11.6 Å². The van der Waals surface area contributed by atoms with Gasteiger partial charge >= 0.3 is 0 Å². The van der Waals surface area contributed by atoms with E-state index in [2.05, 4.69) is 47.1 Å². The van der Waals surface area contributed by atoms with Crippen molar-refractivity contribution in [3.8, 4) is 0 Å². The van der Waals surface area contributed by atoms with Crippen molar-refractivity contribution in [2.75, 3.05) is 5.32 Å². The molecule has 0 saturated carbocycles. The van der Waals surface area contributed by atoms with Crippen LogP contribution in [-0.4, -0.2) is 15.9 Å². The average molecular weight is 357 g/mol. The van der Waals surface area contributed by atoms with E-state index in [1.54, 1.807) is 0 Å². The number of halogens is 2. The molecule has 17 heavy (non-hydrogen) atoms. The molecule has 0 fully saturated rings. The Bertz CT molecular complexity index is 525. The highest BCUT2D eigenvalue weighted by Gasteiger charge is 2.11. The van der Waals surface area contributed by atoms with E-state index in [1.807, 2.05) is 18.2 Å². The first-order chi connectivity index (χ1) is 8.18. The van der Waals surface area contributed by atoms with Crippen LogP contribution in [0.25, 0.3) is 0 Å². The minimum Gasteiger partial charge on any atom is -0.319 e. The third-order valence-electron chi connectivity index (χ3n) is 2.00. The highest BCUT2D eigenvalue weighted by Crippen LogP contribution is 2.30. The molecule has 0 unspecified atom stereocenters. The first kappa shape index (κ1) is 12.2. The van der Waals surface area contributed by atoms with E-state index >= 15 is 0 Å². The Hall–Kier alpha value is -1.27. The minimum atomic E-state index is -0.300. The molecule has 0 aliphatic carbocycles. The molecule has 0 spiro atoms. The van der Waals surface area contributed by atoms with Gasteiger partial charge in [0.15, 0.2) is 0 Å². The van der Waals surface area contributed by atoms with Gasteiger partial charge in [-0.15, -0.1) is 0 Å². The zero-order chi connectivity index (χ0) is 12.3. The van der Waals surface area contributed by atoms with Crippen molar-refractivity contribution in [1.82, 2.24) is 9.97 Å². The lowest BCUT2D eigenvalue weighted by atomic mass is 10.3. The predicted octanol–water partition coefficient (Wildman–Crippen LogP) is 3.25. The summed E-state index contributed by atoms with van der Waals surface area (Å²) in [6.07, 6.45) is 4.41. The van der Waals surface area contributed by atoms with Crippen LogP contribution in [-0.2, 0) is 0 Å². The molecule has 0 saturated heterocycles. The normalized spacial score (nSPS) is 10.0. The maximum atomic E-state index is 11.9. The fourth-order valence-electron chi connectivity index (χ4n) is 1.21. The standard InChI is InChI=1S/C11H7Br2N3O/c12-7-2-1-3-8(13)10(7)16-11(17)9-6-14-4-5-15-9/h1-6H,(H,16,17). The molecule has 2 rings (SSSR count). The minimum absolute atomic E-state index is 0.273. The van der Waals surface area contributed by atoms with Gasteiger partial charge in [-0.3, -0.25) is 9.78 Å². The number of amides is 1. The molecule has 1 amide bonds. The van der Waals surface area contributed by atoms with Crippen LogP contribution in [0, 0.1) is 0 Å². The Balaban J connectivity index is 2.25. The molecule has 6 heteroatoms. The summed E-state index contributed by atoms with van der Waals surface area (Å²) < 4.78 is 1.59. The van der Waals surface area contributed by atoms with Crippen molar-refractivity contribution in [1.29, 1.82) is 0 Å². The fourth-order valence-corrected chi connectivity index (χ4v) is 2.41. The fraction of sp³-hybridized carbons (Fsp3) is 0. The molecule has 86 valence electrons. The van der Waals surface area contributed by atoms with E-state index < -0.39 is 0 Å². The number of anilines is 1. The third-order valence-corrected chi connectivity index (χ3v) is 3.32. The number of benzene rings is 1. The molecular weight excluding hydrogens is 350 g/mol. The number of para-hydroxylation sites is 1. The largest absolute Gasteiger partial charge is 0.319 e. The van der Waals surface area contributed by atoms with Crippen LogP contribution in [0.2, 0.25) is 0 Å². The first-order valence-electron chi connectivity index (χ1n) is 4.70. The summed E-state index contributed by atoms with van der Waals surface area (Å²) >= 11 is 6.73. The lowest BCUT2D eigenvalue weighted by Crippen LogP contribution is -2.14. The van der Waals surface area contributed by atoms with Gasteiger partial charge in [0.05, 0.1) is 11.9 Å². The van der Waals surface area contributed by atoms with Gasteiger partial charge in [0, 0.05) is 21.3 Å². The van der Waals surface area contributed by atoms with Crippen LogP contribution in [0.15, 0.2) is 45.7 Å². The number of nitrogens with zero attached hydrogens (tertiary/aromatic N) is 2. The summed E-state index contributed by atoms with van der Waals surface area (Å²) in [5.41, 5.74) is 0.943. The Kier molecular flexibility index (Phi) is 3.86. The van der Waals surface area contributed by atoms with Crippen LogP contribution in [0.3, 0.4) is 0 Å². The van der Waals surface area contributed by atoms with Crippen LogP contribution in [0.4, 0.5) is 5.69 Å². The van der Waals surface area contributed by atoms with Crippen LogP contribution in [0.5, 0.6) is 0 Å². The quantitative estimate of drug-likeness (QED) is 0.898. The van der Waals surface area contributed by atoms with Gasteiger partial charge in [-0.25, -0.2) is 4.98 Å². The maximum absolute atomic E-state index is 11.9. The van der Waals surface area contributed by atoms with Crippen molar-refractivity contribution < 1.29 is 4.79 Å². The van der Waals surface area contributed by atoms with Crippen LogP contribution < -0.4 is 5.32 Å². The molecule has 2 aromatic rings. The van der Waals surface area contributed by atoms with E-state index in [9.17, 15) is 4.79 Å². The SMILES string of the molecule is O=C(Nc1c(Br)cccc1Br)c1cnccn1. The Morgan fingerprint density at radius 1 is 1.18 bits per heavy atom. The van der Waals surface area contributed by atoms with Gasteiger partial charge in [0.2, 0.25) is 0 Å². The maximum Gasteiger partial charge on any atom is 0.275 e. The third kappa shape index (κ3) is 2.89. The van der Waals surface area contributed by atoms with Crippen molar-refractivity contribution >= 4 is 43.5 Å². The molecule has 0 aliphatic rings. The van der Waals surface area contributed by atoms with Gasteiger partial charge in [0.1, 0.15) is 5.69 Å². The lowest BCUT2D eigenvalue weighted by Gasteiger charge is -2.08.